The van der Waals surface area contributed by atoms with E-state index in [0.29, 0.717) is 23.7 Å². The number of methoxy groups -OCH3 is 2. The van der Waals surface area contributed by atoms with Crippen molar-refractivity contribution in [2.24, 2.45) is 0 Å². The van der Waals surface area contributed by atoms with Gasteiger partial charge in [-0.05, 0) is 26.0 Å². The number of H-pyrrole nitrogens is 1. The van der Waals surface area contributed by atoms with E-state index in [1.807, 2.05) is 13.8 Å². The predicted octanol–water partition coefficient (Wildman–Crippen LogP) is 1.80. The molecule has 0 unspecified atom stereocenters. The van der Waals surface area contributed by atoms with Gasteiger partial charge in [-0.2, -0.15) is 5.10 Å². The summed E-state index contributed by atoms with van der Waals surface area (Å²) in [5.74, 6) is 1.21. The first-order chi connectivity index (χ1) is 13.0. The van der Waals surface area contributed by atoms with E-state index < -0.39 is 0 Å². The molecule has 0 aliphatic carbocycles. The van der Waals surface area contributed by atoms with Crippen molar-refractivity contribution in [3.05, 3.63) is 29.6 Å². The summed E-state index contributed by atoms with van der Waals surface area (Å²) in [7, 11) is 3.17. The molecule has 0 spiro atoms. The molecule has 1 aromatic heterocycles. The van der Waals surface area contributed by atoms with Crippen molar-refractivity contribution < 1.29 is 14.3 Å². The second-order valence-corrected chi connectivity index (χ2v) is 6.66. The van der Waals surface area contributed by atoms with Crippen LogP contribution in [0.25, 0.3) is 0 Å². The summed E-state index contributed by atoms with van der Waals surface area (Å²) in [6, 6.07) is 5.34. The molecular formula is C19H27N5O3. The fourth-order valence-corrected chi connectivity index (χ4v) is 3.44. The molecule has 1 fully saturated rings. The second-order valence-electron chi connectivity index (χ2n) is 6.66. The quantitative estimate of drug-likeness (QED) is 0.804. The Balaban J connectivity index is 1.54. The number of nitrogens with zero attached hydrogens (tertiary/aromatic N) is 3. The SMILES string of the molecule is COc1ccc(NC(=O)CN2CCN(c3c(C)n[nH]c3C)CC2)c(OC)c1. The van der Waals surface area contributed by atoms with Gasteiger partial charge in [-0.3, -0.25) is 14.8 Å². The zero-order chi connectivity index (χ0) is 19.4. The van der Waals surface area contributed by atoms with Crippen LogP contribution in [0.2, 0.25) is 0 Å². The molecule has 0 bridgehead atoms. The van der Waals surface area contributed by atoms with Gasteiger partial charge in [-0.15, -0.1) is 0 Å². The molecule has 1 aliphatic heterocycles. The summed E-state index contributed by atoms with van der Waals surface area (Å²) in [6.45, 7) is 7.82. The van der Waals surface area contributed by atoms with E-state index in [9.17, 15) is 4.79 Å². The van der Waals surface area contributed by atoms with E-state index in [2.05, 4.69) is 25.3 Å². The molecule has 8 heteroatoms. The molecule has 2 aromatic rings. The third kappa shape index (κ3) is 4.33. The van der Waals surface area contributed by atoms with Gasteiger partial charge in [0, 0.05) is 32.2 Å². The van der Waals surface area contributed by atoms with Crippen molar-refractivity contribution in [1.29, 1.82) is 0 Å². The number of ether oxygens (including phenoxy) is 2. The number of benzene rings is 1. The van der Waals surface area contributed by atoms with Gasteiger partial charge in [0.15, 0.2) is 0 Å². The fourth-order valence-electron chi connectivity index (χ4n) is 3.44. The van der Waals surface area contributed by atoms with E-state index in [1.165, 1.54) is 5.69 Å². The molecule has 0 saturated carbocycles. The lowest BCUT2D eigenvalue weighted by Crippen LogP contribution is -2.49. The molecule has 1 aromatic carbocycles. The van der Waals surface area contributed by atoms with Crippen LogP contribution in [0, 0.1) is 13.8 Å². The average Bonchev–Trinajstić information content (AvgIpc) is 3.01. The normalized spacial score (nSPS) is 14.9. The minimum absolute atomic E-state index is 0.0532. The lowest BCUT2D eigenvalue weighted by Gasteiger charge is -2.35. The monoisotopic (exact) mass is 373 g/mol. The average molecular weight is 373 g/mol. The van der Waals surface area contributed by atoms with Crippen LogP contribution in [0.4, 0.5) is 11.4 Å². The number of carbonyl (C=O) groups is 1. The summed E-state index contributed by atoms with van der Waals surface area (Å²) in [4.78, 5) is 16.9. The standard InChI is InChI=1S/C19H27N5O3/c1-13-19(14(2)22-21-13)24-9-7-23(8-10-24)12-18(25)20-16-6-5-15(26-3)11-17(16)27-4/h5-6,11H,7-10,12H2,1-4H3,(H,20,25)(H,21,22). The largest absolute Gasteiger partial charge is 0.497 e. The summed E-state index contributed by atoms with van der Waals surface area (Å²) in [6.07, 6.45) is 0. The number of carbonyl (C=O) groups excluding carboxylic acids is 1. The van der Waals surface area contributed by atoms with E-state index in [1.54, 1.807) is 32.4 Å². The molecule has 0 radical (unpaired) electrons. The number of aromatic amines is 1. The summed E-state index contributed by atoms with van der Waals surface area (Å²) in [5.41, 5.74) is 3.93. The zero-order valence-corrected chi connectivity index (χ0v) is 16.3. The lowest BCUT2D eigenvalue weighted by molar-refractivity contribution is -0.117. The fraction of sp³-hybridized carbons (Fsp3) is 0.474. The zero-order valence-electron chi connectivity index (χ0n) is 16.3. The number of nitrogens with one attached hydrogen (secondary N) is 2. The molecular weight excluding hydrogens is 346 g/mol. The number of hydrogen-bond donors (Lipinski definition) is 2. The number of anilines is 2. The maximum Gasteiger partial charge on any atom is 0.238 e. The number of rotatable bonds is 6. The van der Waals surface area contributed by atoms with Gasteiger partial charge in [0.05, 0.1) is 43.5 Å². The minimum atomic E-state index is -0.0532. The van der Waals surface area contributed by atoms with Gasteiger partial charge in [0.2, 0.25) is 5.91 Å². The lowest BCUT2D eigenvalue weighted by atomic mass is 10.2. The Morgan fingerprint density at radius 3 is 2.52 bits per heavy atom. The van der Waals surface area contributed by atoms with E-state index in [4.69, 9.17) is 9.47 Å². The maximum absolute atomic E-state index is 12.5. The number of piperazine rings is 1. The van der Waals surface area contributed by atoms with Crippen LogP contribution in [0.5, 0.6) is 11.5 Å². The Morgan fingerprint density at radius 1 is 1.19 bits per heavy atom. The van der Waals surface area contributed by atoms with Crippen LogP contribution in [-0.4, -0.2) is 67.9 Å². The molecule has 27 heavy (non-hydrogen) atoms. The van der Waals surface area contributed by atoms with Gasteiger partial charge >= 0.3 is 0 Å². The summed E-state index contributed by atoms with van der Waals surface area (Å²) in [5, 5.41) is 10.2. The van der Waals surface area contributed by atoms with Crippen molar-refractivity contribution in [1.82, 2.24) is 15.1 Å². The van der Waals surface area contributed by atoms with E-state index in [0.717, 1.165) is 37.6 Å². The maximum atomic E-state index is 12.5. The predicted molar refractivity (Wildman–Crippen MR) is 105 cm³/mol. The highest BCUT2D eigenvalue weighted by molar-refractivity contribution is 5.93. The van der Waals surface area contributed by atoms with Gasteiger partial charge in [-0.1, -0.05) is 0 Å². The number of aromatic nitrogens is 2. The van der Waals surface area contributed by atoms with Crippen LogP contribution < -0.4 is 19.7 Å². The summed E-state index contributed by atoms with van der Waals surface area (Å²) < 4.78 is 10.5. The van der Waals surface area contributed by atoms with Gasteiger partial charge in [0.1, 0.15) is 11.5 Å². The molecule has 8 nitrogen and oxygen atoms in total. The Hall–Kier alpha value is -2.74. The summed E-state index contributed by atoms with van der Waals surface area (Å²) >= 11 is 0. The first-order valence-corrected chi connectivity index (χ1v) is 9.02. The molecule has 1 amide bonds. The Morgan fingerprint density at radius 2 is 1.93 bits per heavy atom. The molecule has 0 atom stereocenters. The highest BCUT2D eigenvalue weighted by Crippen LogP contribution is 2.29. The number of amides is 1. The van der Waals surface area contributed by atoms with Crippen LogP contribution in [0.3, 0.4) is 0 Å². The van der Waals surface area contributed by atoms with Crippen LogP contribution in [0.1, 0.15) is 11.4 Å². The van der Waals surface area contributed by atoms with E-state index in [-0.39, 0.29) is 5.91 Å². The highest BCUT2D eigenvalue weighted by Gasteiger charge is 2.22. The van der Waals surface area contributed by atoms with Crippen molar-refractivity contribution in [2.45, 2.75) is 13.8 Å². The third-order valence-corrected chi connectivity index (χ3v) is 4.83. The molecule has 146 valence electrons. The van der Waals surface area contributed by atoms with Crippen molar-refractivity contribution in [2.75, 3.05) is 57.2 Å². The topological polar surface area (TPSA) is 82.7 Å². The van der Waals surface area contributed by atoms with Gasteiger partial charge in [0.25, 0.3) is 0 Å². The molecule has 1 saturated heterocycles. The van der Waals surface area contributed by atoms with Crippen molar-refractivity contribution in [3.8, 4) is 11.5 Å². The highest BCUT2D eigenvalue weighted by atomic mass is 16.5. The Kier molecular flexibility index (Phi) is 5.85. The molecule has 2 N–H and O–H groups in total. The number of hydrogen-bond acceptors (Lipinski definition) is 6. The van der Waals surface area contributed by atoms with Crippen molar-refractivity contribution in [3.63, 3.8) is 0 Å². The van der Waals surface area contributed by atoms with Crippen LogP contribution in [0.15, 0.2) is 18.2 Å². The van der Waals surface area contributed by atoms with Gasteiger partial charge < -0.3 is 19.7 Å². The minimum Gasteiger partial charge on any atom is -0.497 e. The molecule has 2 heterocycles. The first-order valence-electron chi connectivity index (χ1n) is 9.02. The molecule has 1 aliphatic rings. The first kappa shape index (κ1) is 19.0. The number of aryl methyl sites for hydroxylation is 2. The second kappa shape index (κ2) is 8.30. The van der Waals surface area contributed by atoms with E-state index >= 15 is 0 Å². The van der Waals surface area contributed by atoms with Crippen LogP contribution in [-0.2, 0) is 4.79 Å². The van der Waals surface area contributed by atoms with Gasteiger partial charge in [-0.25, -0.2) is 0 Å². The smallest absolute Gasteiger partial charge is 0.238 e. The Labute approximate surface area is 159 Å². The van der Waals surface area contributed by atoms with Crippen molar-refractivity contribution >= 4 is 17.3 Å². The molecule has 3 rings (SSSR count). The third-order valence-electron chi connectivity index (χ3n) is 4.83. The van der Waals surface area contributed by atoms with Crippen LogP contribution >= 0.6 is 0 Å². The Bertz CT molecular complexity index is 777.